The molecule has 164 valence electrons. The van der Waals surface area contributed by atoms with Gasteiger partial charge in [0.1, 0.15) is 0 Å². The molecule has 1 aromatic carbocycles. The summed E-state index contributed by atoms with van der Waals surface area (Å²) in [6.45, 7) is 3.81. The molecule has 1 amide bonds. The normalized spacial score (nSPS) is 34.3. The van der Waals surface area contributed by atoms with Crippen LogP contribution in [0.3, 0.4) is 0 Å². The molecule has 0 unspecified atom stereocenters. The molecule has 7 nitrogen and oxygen atoms in total. The Balaban J connectivity index is 1.79. The number of phenolic OH excluding ortho intramolecular Hbond substituents is 1. The van der Waals surface area contributed by atoms with Crippen molar-refractivity contribution < 1.29 is 24.5 Å². The van der Waals surface area contributed by atoms with Crippen LogP contribution in [0, 0.1) is 5.41 Å². The highest BCUT2D eigenvalue weighted by atomic mass is 16.5. The molecule has 30 heavy (non-hydrogen) atoms. The number of aliphatic hydroxyl groups excluding tert-OH is 1. The van der Waals surface area contributed by atoms with E-state index in [1.807, 2.05) is 11.0 Å². The molecule has 7 heteroatoms. The van der Waals surface area contributed by atoms with E-state index in [0.717, 1.165) is 57.2 Å². The summed E-state index contributed by atoms with van der Waals surface area (Å²) in [6, 6.07) is 2.26. The second kappa shape index (κ2) is 6.76. The van der Waals surface area contributed by atoms with Crippen molar-refractivity contribution in [2.75, 3.05) is 38.8 Å². The van der Waals surface area contributed by atoms with Crippen molar-refractivity contribution in [1.29, 1.82) is 0 Å². The number of anilines is 1. The van der Waals surface area contributed by atoms with Gasteiger partial charge in [0.2, 0.25) is 11.7 Å². The maximum atomic E-state index is 12.9. The Hall–Kier alpha value is -1.99. The zero-order valence-corrected chi connectivity index (χ0v) is 18.1. The molecule has 3 fully saturated rings. The lowest BCUT2D eigenvalue weighted by Gasteiger charge is -2.58. The number of rotatable bonds is 4. The second-order valence-electron chi connectivity index (χ2n) is 9.47. The number of piperidine rings is 1. The van der Waals surface area contributed by atoms with E-state index in [-0.39, 0.29) is 46.9 Å². The smallest absolute Gasteiger partial charge is 0.224 e. The van der Waals surface area contributed by atoms with Gasteiger partial charge in [0.25, 0.3) is 0 Å². The van der Waals surface area contributed by atoms with Crippen molar-refractivity contribution in [3.8, 4) is 17.2 Å². The van der Waals surface area contributed by atoms with Gasteiger partial charge in [-0.1, -0.05) is 0 Å². The molecule has 1 saturated carbocycles. The number of phenols is 1. The Kier molecular flexibility index (Phi) is 4.49. The van der Waals surface area contributed by atoms with Crippen LogP contribution in [0.5, 0.6) is 17.2 Å². The van der Waals surface area contributed by atoms with Gasteiger partial charge in [-0.2, -0.15) is 0 Å². The van der Waals surface area contributed by atoms with Crippen molar-refractivity contribution >= 4 is 11.6 Å². The number of nitrogens with zero attached hydrogens (tertiary/aromatic N) is 2. The molecule has 4 aliphatic rings. The maximum absolute atomic E-state index is 12.9. The Morgan fingerprint density at radius 3 is 2.70 bits per heavy atom. The number of carbonyl (C=O) groups is 1. The molecule has 1 aliphatic carbocycles. The van der Waals surface area contributed by atoms with Crippen molar-refractivity contribution in [2.24, 2.45) is 5.41 Å². The lowest BCUT2D eigenvalue weighted by atomic mass is 9.52. The van der Waals surface area contributed by atoms with Crippen LogP contribution in [0.15, 0.2) is 6.07 Å². The Bertz CT molecular complexity index is 885. The Labute approximate surface area is 177 Å². The molecule has 1 spiro atoms. The number of aromatic hydroxyl groups is 1. The van der Waals surface area contributed by atoms with Gasteiger partial charge in [0, 0.05) is 31.0 Å². The van der Waals surface area contributed by atoms with Gasteiger partial charge in [-0.15, -0.1) is 0 Å². The summed E-state index contributed by atoms with van der Waals surface area (Å²) in [5.74, 6) is 0.718. The van der Waals surface area contributed by atoms with Crippen LogP contribution in [0.2, 0.25) is 0 Å². The molecule has 0 bridgehead atoms. The summed E-state index contributed by atoms with van der Waals surface area (Å²) in [4.78, 5) is 17.3. The quantitative estimate of drug-likeness (QED) is 0.785. The van der Waals surface area contributed by atoms with E-state index in [1.165, 1.54) is 7.11 Å². The van der Waals surface area contributed by atoms with Crippen molar-refractivity contribution in [1.82, 2.24) is 4.90 Å². The zero-order valence-electron chi connectivity index (χ0n) is 18.1. The largest absolute Gasteiger partial charge is 0.503 e. The SMILES string of the molecule is COc1cc2c(c(O)c1OC)N(C(C)=O)[C@H]1CC[C@@]3(CCO)CCCN4CC[C@]21[C@H]43. The van der Waals surface area contributed by atoms with Crippen molar-refractivity contribution in [3.05, 3.63) is 11.6 Å². The van der Waals surface area contributed by atoms with Gasteiger partial charge >= 0.3 is 0 Å². The number of ether oxygens (including phenoxy) is 2. The van der Waals surface area contributed by atoms with Crippen LogP contribution in [-0.4, -0.2) is 67.0 Å². The Morgan fingerprint density at radius 1 is 1.23 bits per heavy atom. The lowest BCUT2D eigenvalue weighted by Crippen LogP contribution is -2.65. The minimum atomic E-state index is -0.258. The highest BCUT2D eigenvalue weighted by Gasteiger charge is 2.69. The van der Waals surface area contributed by atoms with E-state index in [0.29, 0.717) is 11.4 Å². The molecule has 0 aromatic heterocycles. The monoisotopic (exact) mass is 416 g/mol. The van der Waals surface area contributed by atoms with Crippen LogP contribution >= 0.6 is 0 Å². The minimum absolute atomic E-state index is 0.00663. The maximum Gasteiger partial charge on any atom is 0.224 e. The average molecular weight is 417 g/mol. The van der Waals surface area contributed by atoms with Gasteiger partial charge in [0.15, 0.2) is 11.5 Å². The third-order valence-electron chi connectivity index (χ3n) is 8.50. The number of fused-ring (bicyclic) bond motifs is 1. The van der Waals surface area contributed by atoms with E-state index in [9.17, 15) is 15.0 Å². The highest BCUT2D eigenvalue weighted by Crippen LogP contribution is 2.68. The first-order chi connectivity index (χ1) is 14.4. The molecule has 0 radical (unpaired) electrons. The zero-order chi connectivity index (χ0) is 21.3. The van der Waals surface area contributed by atoms with E-state index >= 15 is 0 Å². The van der Waals surface area contributed by atoms with Crippen LogP contribution in [-0.2, 0) is 10.2 Å². The summed E-state index contributed by atoms with van der Waals surface area (Å²) in [5.41, 5.74) is 1.39. The van der Waals surface area contributed by atoms with Crippen LogP contribution in [0.25, 0.3) is 0 Å². The Morgan fingerprint density at radius 2 is 2.03 bits per heavy atom. The summed E-state index contributed by atoms with van der Waals surface area (Å²) >= 11 is 0. The second-order valence-corrected chi connectivity index (χ2v) is 9.47. The fourth-order valence-electron chi connectivity index (χ4n) is 7.69. The summed E-state index contributed by atoms with van der Waals surface area (Å²) < 4.78 is 11.0. The van der Waals surface area contributed by atoms with E-state index in [2.05, 4.69) is 4.90 Å². The first kappa shape index (κ1) is 19.9. The van der Waals surface area contributed by atoms with E-state index in [4.69, 9.17) is 9.47 Å². The standard InChI is InChI=1S/C23H32N2O5/c1-14(27)25-17-5-7-22(9-12-26)6-4-10-24-11-8-23(17,21(22)24)15-13-16(29-2)20(30-3)19(28)18(15)25/h13,17,21,26,28H,4-12H2,1-3H3/t17-,21+,22+,23-/m0/s1. The van der Waals surface area contributed by atoms with Crippen LogP contribution < -0.4 is 14.4 Å². The van der Waals surface area contributed by atoms with Gasteiger partial charge in [0.05, 0.1) is 19.9 Å². The number of carbonyl (C=O) groups excluding carboxylic acids is 1. The molecule has 3 aliphatic heterocycles. The number of hydrogen-bond donors (Lipinski definition) is 2. The number of benzene rings is 1. The van der Waals surface area contributed by atoms with Gasteiger partial charge < -0.3 is 24.6 Å². The molecular weight excluding hydrogens is 384 g/mol. The van der Waals surface area contributed by atoms with E-state index in [1.54, 1.807) is 14.0 Å². The van der Waals surface area contributed by atoms with E-state index < -0.39 is 0 Å². The van der Waals surface area contributed by atoms with Gasteiger partial charge in [-0.25, -0.2) is 0 Å². The van der Waals surface area contributed by atoms with Gasteiger partial charge in [-0.3, -0.25) is 9.69 Å². The van der Waals surface area contributed by atoms with Gasteiger partial charge in [-0.05, 0) is 68.7 Å². The molecule has 3 heterocycles. The molecule has 2 saturated heterocycles. The van der Waals surface area contributed by atoms with Crippen LogP contribution in [0.1, 0.15) is 51.0 Å². The molecule has 2 N–H and O–H groups in total. The van der Waals surface area contributed by atoms with Crippen molar-refractivity contribution in [2.45, 2.75) is 62.9 Å². The molecular formula is C23H32N2O5. The third kappa shape index (κ3) is 2.25. The van der Waals surface area contributed by atoms with Crippen molar-refractivity contribution in [3.63, 3.8) is 0 Å². The fourth-order valence-corrected chi connectivity index (χ4v) is 7.69. The summed E-state index contributed by atoms with van der Waals surface area (Å²) in [6.07, 6.45) is 5.87. The highest BCUT2D eigenvalue weighted by molar-refractivity contribution is 5.99. The fraction of sp³-hybridized carbons (Fsp3) is 0.696. The molecule has 5 rings (SSSR count). The molecule has 1 aromatic rings. The first-order valence-corrected chi connectivity index (χ1v) is 11.1. The summed E-state index contributed by atoms with van der Waals surface area (Å²) in [5, 5.41) is 21.2. The lowest BCUT2D eigenvalue weighted by molar-refractivity contribution is -0.118. The molecule has 4 atom stereocenters. The number of hydrogen-bond acceptors (Lipinski definition) is 6. The topological polar surface area (TPSA) is 82.5 Å². The number of methoxy groups -OCH3 is 2. The minimum Gasteiger partial charge on any atom is -0.503 e. The van der Waals surface area contributed by atoms with Crippen LogP contribution in [0.4, 0.5) is 5.69 Å². The number of aliphatic hydroxyl groups is 1. The number of amides is 1. The third-order valence-corrected chi connectivity index (χ3v) is 8.50. The predicted molar refractivity (Wildman–Crippen MR) is 112 cm³/mol. The first-order valence-electron chi connectivity index (χ1n) is 11.1. The summed E-state index contributed by atoms with van der Waals surface area (Å²) in [7, 11) is 3.09. The average Bonchev–Trinajstić information content (AvgIpc) is 3.26. The predicted octanol–water partition coefficient (Wildman–Crippen LogP) is 2.41.